The first-order valence-corrected chi connectivity index (χ1v) is 6.43. The van der Waals surface area contributed by atoms with Crippen molar-refractivity contribution >= 4 is 23.6 Å². The maximum atomic E-state index is 12.0. The van der Waals surface area contributed by atoms with Crippen molar-refractivity contribution in [2.24, 2.45) is 0 Å². The second-order valence-electron chi connectivity index (χ2n) is 3.90. The van der Waals surface area contributed by atoms with Crippen molar-refractivity contribution in [1.29, 1.82) is 0 Å². The second-order valence-corrected chi connectivity index (χ2v) is 5.05. The molecule has 5 nitrogen and oxygen atoms in total. The summed E-state index contributed by atoms with van der Waals surface area (Å²) in [6.07, 6.45) is 0.972. The van der Waals surface area contributed by atoms with Crippen LogP contribution < -0.4 is 0 Å². The van der Waals surface area contributed by atoms with Crippen LogP contribution in [0.15, 0.2) is 16.5 Å². The number of carbonyl (C=O) groups excluding carboxylic acids is 1. The van der Waals surface area contributed by atoms with Crippen LogP contribution in [-0.2, 0) is 0 Å². The van der Waals surface area contributed by atoms with Crippen LogP contribution in [-0.4, -0.2) is 46.5 Å². The molecule has 1 aliphatic heterocycles. The number of rotatable bonds is 3. The van der Waals surface area contributed by atoms with Crippen molar-refractivity contribution < 1.29 is 19.1 Å². The molecule has 92 valence electrons. The lowest BCUT2D eigenvalue weighted by Crippen LogP contribution is -2.36. The summed E-state index contributed by atoms with van der Waals surface area (Å²) in [6, 6.07) is 2.92. The number of amides is 1. The van der Waals surface area contributed by atoms with Gasteiger partial charge in [-0.05, 0) is 24.3 Å². The van der Waals surface area contributed by atoms with E-state index in [9.17, 15) is 9.59 Å². The van der Waals surface area contributed by atoms with Crippen LogP contribution in [0.1, 0.15) is 27.5 Å². The fourth-order valence-electron chi connectivity index (χ4n) is 1.73. The molecule has 2 rings (SSSR count). The number of carbonyl (C=O) groups is 2. The Morgan fingerprint density at radius 2 is 2.18 bits per heavy atom. The molecule has 1 unspecified atom stereocenters. The summed E-state index contributed by atoms with van der Waals surface area (Å²) in [5.74, 6) is 0.438. The van der Waals surface area contributed by atoms with Gasteiger partial charge in [0.1, 0.15) is 0 Å². The molecule has 0 aromatic carbocycles. The van der Waals surface area contributed by atoms with E-state index in [4.69, 9.17) is 9.52 Å². The number of hydrogen-bond acceptors (Lipinski definition) is 4. The Morgan fingerprint density at radius 1 is 1.47 bits per heavy atom. The highest BCUT2D eigenvalue weighted by Gasteiger charge is 2.26. The van der Waals surface area contributed by atoms with Crippen LogP contribution in [0.2, 0.25) is 0 Å². The predicted octanol–water partition coefficient (Wildman–Crippen LogP) is 1.56. The van der Waals surface area contributed by atoms with Crippen molar-refractivity contribution in [3.63, 3.8) is 0 Å². The van der Waals surface area contributed by atoms with Crippen LogP contribution in [0.5, 0.6) is 0 Å². The predicted molar refractivity (Wildman–Crippen MR) is 63.5 cm³/mol. The Bertz CT molecular complexity index is 436. The van der Waals surface area contributed by atoms with E-state index in [2.05, 4.69) is 0 Å². The number of furan rings is 1. The zero-order valence-electron chi connectivity index (χ0n) is 9.38. The molecule has 0 spiro atoms. The SMILES string of the molecule is CN(C(=O)c1ccc(C(=O)O)o1)C1CCSC1. The van der Waals surface area contributed by atoms with Crippen molar-refractivity contribution in [1.82, 2.24) is 4.90 Å². The number of nitrogens with zero attached hydrogens (tertiary/aromatic N) is 1. The van der Waals surface area contributed by atoms with E-state index in [1.165, 1.54) is 12.1 Å². The highest BCUT2D eigenvalue weighted by atomic mass is 32.2. The molecule has 0 bridgehead atoms. The summed E-state index contributed by atoms with van der Waals surface area (Å²) >= 11 is 1.81. The Hall–Kier alpha value is -1.43. The highest BCUT2D eigenvalue weighted by molar-refractivity contribution is 7.99. The first-order chi connectivity index (χ1) is 8.09. The number of thioether (sulfide) groups is 1. The summed E-state index contributed by atoms with van der Waals surface area (Å²) in [5.41, 5.74) is 0. The van der Waals surface area contributed by atoms with Gasteiger partial charge in [-0.3, -0.25) is 4.79 Å². The molecule has 2 heterocycles. The third-order valence-corrected chi connectivity index (χ3v) is 3.95. The van der Waals surface area contributed by atoms with E-state index in [0.29, 0.717) is 0 Å². The second kappa shape index (κ2) is 4.83. The third kappa shape index (κ3) is 2.46. The molecular formula is C11H13NO4S. The van der Waals surface area contributed by atoms with Crippen LogP contribution in [0.3, 0.4) is 0 Å². The molecule has 6 heteroatoms. The van der Waals surface area contributed by atoms with Gasteiger partial charge in [0.05, 0.1) is 0 Å². The lowest BCUT2D eigenvalue weighted by atomic mass is 10.2. The van der Waals surface area contributed by atoms with E-state index in [1.807, 2.05) is 11.8 Å². The van der Waals surface area contributed by atoms with E-state index >= 15 is 0 Å². The standard InChI is InChI=1S/C11H13NO4S/c1-12(7-4-5-17-6-7)10(13)8-2-3-9(16-8)11(14)15/h2-3,7H,4-6H2,1H3,(H,14,15). The summed E-state index contributed by atoms with van der Waals surface area (Å²) in [7, 11) is 1.72. The van der Waals surface area contributed by atoms with Crippen molar-refractivity contribution in [3.8, 4) is 0 Å². The number of hydrogen-bond donors (Lipinski definition) is 1. The van der Waals surface area contributed by atoms with E-state index in [-0.39, 0.29) is 23.5 Å². The molecule has 0 radical (unpaired) electrons. The number of carboxylic acids is 1. The molecule has 1 aliphatic rings. The largest absolute Gasteiger partial charge is 0.475 e. The maximum absolute atomic E-state index is 12.0. The van der Waals surface area contributed by atoms with Crippen LogP contribution >= 0.6 is 11.8 Å². The van der Waals surface area contributed by atoms with Gasteiger partial charge in [0.2, 0.25) is 5.76 Å². The topological polar surface area (TPSA) is 70.8 Å². The summed E-state index contributed by atoms with van der Waals surface area (Å²) in [6.45, 7) is 0. The smallest absolute Gasteiger partial charge is 0.371 e. The molecule has 1 saturated heterocycles. The summed E-state index contributed by atoms with van der Waals surface area (Å²) < 4.78 is 4.99. The van der Waals surface area contributed by atoms with Gasteiger partial charge in [-0.2, -0.15) is 11.8 Å². The Morgan fingerprint density at radius 3 is 2.71 bits per heavy atom. The average molecular weight is 255 g/mol. The van der Waals surface area contributed by atoms with Gasteiger partial charge in [0.15, 0.2) is 5.76 Å². The average Bonchev–Trinajstić information content (AvgIpc) is 2.97. The monoisotopic (exact) mass is 255 g/mol. The fraction of sp³-hybridized carbons (Fsp3) is 0.455. The minimum absolute atomic E-state index is 0.0850. The molecule has 1 amide bonds. The molecule has 0 aliphatic carbocycles. The van der Waals surface area contributed by atoms with E-state index in [0.717, 1.165) is 17.9 Å². The van der Waals surface area contributed by atoms with Gasteiger partial charge in [0, 0.05) is 18.8 Å². The molecule has 1 N–H and O–H groups in total. The van der Waals surface area contributed by atoms with Gasteiger partial charge < -0.3 is 14.4 Å². The first kappa shape index (κ1) is 12.0. The fourth-order valence-corrected chi connectivity index (χ4v) is 3.00. The zero-order chi connectivity index (χ0) is 12.4. The molecule has 1 aromatic heterocycles. The van der Waals surface area contributed by atoms with Crippen LogP contribution in [0.25, 0.3) is 0 Å². The van der Waals surface area contributed by atoms with E-state index in [1.54, 1.807) is 11.9 Å². The van der Waals surface area contributed by atoms with Gasteiger partial charge in [-0.25, -0.2) is 4.79 Å². The van der Waals surface area contributed by atoms with Gasteiger partial charge in [-0.1, -0.05) is 0 Å². The Labute approximate surface area is 103 Å². The van der Waals surface area contributed by atoms with Crippen molar-refractivity contribution in [2.45, 2.75) is 12.5 Å². The highest BCUT2D eigenvalue weighted by Crippen LogP contribution is 2.23. The third-order valence-electron chi connectivity index (χ3n) is 2.80. The Balaban J connectivity index is 2.09. The lowest BCUT2D eigenvalue weighted by molar-refractivity contribution is 0.0648. The summed E-state index contributed by atoms with van der Waals surface area (Å²) in [5, 5.41) is 8.71. The van der Waals surface area contributed by atoms with Crippen LogP contribution in [0, 0.1) is 0 Å². The minimum Gasteiger partial charge on any atom is -0.475 e. The number of aromatic carboxylic acids is 1. The molecule has 0 saturated carbocycles. The lowest BCUT2D eigenvalue weighted by Gasteiger charge is -2.22. The molecular weight excluding hydrogens is 242 g/mol. The molecule has 1 aromatic rings. The molecule has 1 fully saturated rings. The molecule has 17 heavy (non-hydrogen) atoms. The summed E-state index contributed by atoms with van der Waals surface area (Å²) in [4.78, 5) is 24.3. The van der Waals surface area contributed by atoms with E-state index < -0.39 is 5.97 Å². The quantitative estimate of drug-likeness (QED) is 0.887. The van der Waals surface area contributed by atoms with Gasteiger partial charge >= 0.3 is 5.97 Å². The van der Waals surface area contributed by atoms with Gasteiger partial charge in [-0.15, -0.1) is 0 Å². The zero-order valence-corrected chi connectivity index (χ0v) is 10.2. The Kier molecular flexibility index (Phi) is 3.42. The minimum atomic E-state index is -1.16. The van der Waals surface area contributed by atoms with Crippen LogP contribution in [0.4, 0.5) is 0 Å². The maximum Gasteiger partial charge on any atom is 0.371 e. The van der Waals surface area contributed by atoms with Crippen molar-refractivity contribution in [2.75, 3.05) is 18.6 Å². The normalized spacial score (nSPS) is 19.2. The van der Waals surface area contributed by atoms with Crippen molar-refractivity contribution in [3.05, 3.63) is 23.7 Å². The first-order valence-electron chi connectivity index (χ1n) is 5.27. The number of carboxylic acid groups (broad SMARTS) is 1. The van der Waals surface area contributed by atoms with Gasteiger partial charge in [0.25, 0.3) is 5.91 Å². The molecule has 1 atom stereocenters.